The van der Waals surface area contributed by atoms with Crippen LogP contribution in [0, 0.1) is 6.92 Å². The average molecular weight is 386 g/mol. The monoisotopic (exact) mass is 386 g/mol. The summed E-state index contributed by atoms with van der Waals surface area (Å²) < 4.78 is 15.4. The number of fused-ring (bicyclic) bond motifs is 1. The maximum Gasteiger partial charge on any atom is 0.297 e. The highest BCUT2D eigenvalue weighted by atomic mass is 32.1. The Bertz CT molecular complexity index is 1070. The van der Waals surface area contributed by atoms with E-state index < -0.39 is 0 Å². The first-order valence-electron chi connectivity index (χ1n) is 8.52. The number of nitrogens with zero attached hydrogens (tertiary/aromatic N) is 4. The highest BCUT2D eigenvalue weighted by Gasteiger charge is 2.17. The summed E-state index contributed by atoms with van der Waals surface area (Å²) in [6.07, 6.45) is 1.76. The van der Waals surface area contributed by atoms with Gasteiger partial charge in [0, 0.05) is 13.1 Å². The number of amides is 1. The molecule has 1 aromatic carbocycles. The van der Waals surface area contributed by atoms with Crippen molar-refractivity contribution >= 4 is 27.5 Å². The van der Waals surface area contributed by atoms with Crippen LogP contribution in [-0.2, 0) is 13.1 Å². The van der Waals surface area contributed by atoms with Gasteiger partial charge in [-0.15, -0.1) is 6.58 Å². The summed E-state index contributed by atoms with van der Waals surface area (Å²) in [6.45, 7) is 8.71. The SMILES string of the molecule is C=CCn1c(=NC(=O)c2cc(C)nn2CC)sc2c(OC)ccc(OC)c21. The number of allylic oxidation sites excluding steroid dienone is 1. The first-order valence-corrected chi connectivity index (χ1v) is 9.34. The van der Waals surface area contributed by atoms with Gasteiger partial charge in [-0.1, -0.05) is 17.4 Å². The van der Waals surface area contributed by atoms with Crippen molar-refractivity contribution in [2.45, 2.75) is 26.9 Å². The van der Waals surface area contributed by atoms with Gasteiger partial charge in [-0.2, -0.15) is 10.1 Å². The Morgan fingerprint density at radius 2 is 2.04 bits per heavy atom. The number of hydrogen-bond donors (Lipinski definition) is 0. The summed E-state index contributed by atoms with van der Waals surface area (Å²) in [5.74, 6) is 1.06. The van der Waals surface area contributed by atoms with Gasteiger partial charge in [0.15, 0.2) is 4.80 Å². The number of aryl methyl sites for hydroxylation is 2. The fourth-order valence-electron chi connectivity index (χ4n) is 2.94. The molecule has 0 N–H and O–H groups in total. The van der Waals surface area contributed by atoms with E-state index in [4.69, 9.17) is 9.47 Å². The van der Waals surface area contributed by atoms with Crippen LogP contribution in [0.15, 0.2) is 35.8 Å². The van der Waals surface area contributed by atoms with Crippen molar-refractivity contribution in [3.8, 4) is 11.5 Å². The first-order chi connectivity index (χ1) is 13.0. The molecule has 3 rings (SSSR count). The van der Waals surface area contributed by atoms with Crippen molar-refractivity contribution in [2.24, 2.45) is 4.99 Å². The minimum absolute atomic E-state index is 0.334. The normalized spacial score (nSPS) is 11.8. The second-order valence-corrected chi connectivity index (χ2v) is 6.81. The van der Waals surface area contributed by atoms with E-state index in [0.29, 0.717) is 35.1 Å². The number of methoxy groups -OCH3 is 2. The zero-order valence-corrected chi connectivity index (χ0v) is 16.7. The maximum atomic E-state index is 12.8. The molecule has 0 aliphatic heterocycles. The van der Waals surface area contributed by atoms with Gasteiger partial charge in [0.2, 0.25) is 0 Å². The lowest BCUT2D eigenvalue weighted by Gasteiger charge is -2.08. The smallest absolute Gasteiger partial charge is 0.297 e. The third kappa shape index (κ3) is 3.40. The van der Waals surface area contributed by atoms with Gasteiger partial charge < -0.3 is 14.0 Å². The van der Waals surface area contributed by atoms with Gasteiger partial charge in [-0.3, -0.25) is 9.48 Å². The predicted molar refractivity (Wildman–Crippen MR) is 106 cm³/mol. The maximum absolute atomic E-state index is 12.8. The third-order valence-electron chi connectivity index (χ3n) is 4.12. The Morgan fingerprint density at radius 3 is 2.67 bits per heavy atom. The van der Waals surface area contributed by atoms with Gasteiger partial charge in [0.25, 0.3) is 5.91 Å². The summed E-state index contributed by atoms with van der Waals surface area (Å²) in [7, 11) is 3.23. The Kier molecular flexibility index (Phi) is 5.46. The predicted octanol–water partition coefficient (Wildman–Crippen LogP) is 3.17. The molecule has 142 valence electrons. The lowest BCUT2D eigenvalue weighted by molar-refractivity contribution is 0.0987. The van der Waals surface area contributed by atoms with Crippen molar-refractivity contribution in [1.29, 1.82) is 0 Å². The summed E-state index contributed by atoms with van der Waals surface area (Å²) >= 11 is 1.38. The first kappa shape index (κ1) is 18.9. The van der Waals surface area contributed by atoms with Gasteiger partial charge in [-0.05, 0) is 32.0 Å². The third-order valence-corrected chi connectivity index (χ3v) is 5.21. The van der Waals surface area contributed by atoms with Crippen molar-refractivity contribution in [1.82, 2.24) is 14.3 Å². The van der Waals surface area contributed by atoms with Crippen LogP contribution in [0.3, 0.4) is 0 Å². The molecule has 0 spiro atoms. The molecule has 0 atom stereocenters. The molecule has 0 bridgehead atoms. The highest BCUT2D eigenvalue weighted by Crippen LogP contribution is 2.35. The van der Waals surface area contributed by atoms with E-state index in [1.807, 2.05) is 30.5 Å². The fraction of sp³-hybridized carbons (Fsp3) is 0.316. The lowest BCUT2D eigenvalue weighted by Crippen LogP contribution is -2.18. The Hall–Kier alpha value is -2.87. The fourth-order valence-corrected chi connectivity index (χ4v) is 4.09. The van der Waals surface area contributed by atoms with Crippen molar-refractivity contribution in [2.75, 3.05) is 14.2 Å². The second kappa shape index (κ2) is 7.79. The van der Waals surface area contributed by atoms with Gasteiger partial charge >= 0.3 is 0 Å². The van der Waals surface area contributed by atoms with Crippen LogP contribution in [0.1, 0.15) is 23.1 Å². The van der Waals surface area contributed by atoms with Gasteiger partial charge in [0.05, 0.1) is 19.9 Å². The molecule has 8 heteroatoms. The van der Waals surface area contributed by atoms with Gasteiger partial charge in [-0.25, -0.2) is 0 Å². The van der Waals surface area contributed by atoms with Crippen molar-refractivity contribution < 1.29 is 14.3 Å². The molecular weight excluding hydrogens is 364 g/mol. The van der Waals surface area contributed by atoms with Crippen LogP contribution in [0.25, 0.3) is 10.2 Å². The number of rotatable bonds is 6. The zero-order valence-electron chi connectivity index (χ0n) is 15.9. The molecule has 27 heavy (non-hydrogen) atoms. The lowest BCUT2D eigenvalue weighted by atomic mass is 10.3. The quantitative estimate of drug-likeness (QED) is 0.610. The minimum atomic E-state index is -0.334. The van der Waals surface area contributed by atoms with Crippen LogP contribution in [0.2, 0.25) is 0 Å². The van der Waals surface area contributed by atoms with E-state index in [-0.39, 0.29) is 5.91 Å². The molecule has 7 nitrogen and oxygen atoms in total. The van der Waals surface area contributed by atoms with E-state index in [1.165, 1.54) is 11.3 Å². The average Bonchev–Trinajstić information content (AvgIpc) is 3.22. The van der Waals surface area contributed by atoms with Crippen LogP contribution < -0.4 is 14.3 Å². The molecule has 1 amide bonds. The molecule has 3 aromatic rings. The number of aromatic nitrogens is 3. The minimum Gasteiger partial charge on any atom is -0.495 e. The van der Waals surface area contributed by atoms with Crippen LogP contribution in [0.5, 0.6) is 11.5 Å². The standard InChI is InChI=1S/C19H22N4O3S/c1-6-10-22-16-14(25-4)8-9-15(26-5)17(16)27-19(22)20-18(24)13-11-12(3)21-23(13)7-2/h6,8-9,11H,1,7,10H2,2-5H3. The molecule has 0 aliphatic rings. The summed E-state index contributed by atoms with van der Waals surface area (Å²) in [5, 5.41) is 4.32. The second-order valence-electron chi connectivity index (χ2n) is 5.84. The van der Waals surface area contributed by atoms with Crippen molar-refractivity contribution in [3.05, 3.63) is 47.0 Å². The van der Waals surface area contributed by atoms with Crippen LogP contribution in [0.4, 0.5) is 0 Å². The van der Waals surface area contributed by atoms with E-state index in [1.54, 1.807) is 31.0 Å². The Balaban J connectivity index is 2.26. The van der Waals surface area contributed by atoms with E-state index in [2.05, 4.69) is 16.7 Å². The number of ether oxygens (including phenoxy) is 2. The van der Waals surface area contributed by atoms with Crippen molar-refractivity contribution in [3.63, 3.8) is 0 Å². The van der Waals surface area contributed by atoms with E-state index in [0.717, 1.165) is 15.9 Å². The van der Waals surface area contributed by atoms with Crippen LogP contribution in [-0.4, -0.2) is 34.5 Å². The van der Waals surface area contributed by atoms with E-state index >= 15 is 0 Å². The topological polar surface area (TPSA) is 70.6 Å². The molecule has 0 radical (unpaired) electrons. The summed E-state index contributed by atoms with van der Waals surface area (Å²) in [5.41, 5.74) is 2.08. The Morgan fingerprint density at radius 1 is 1.33 bits per heavy atom. The van der Waals surface area contributed by atoms with E-state index in [9.17, 15) is 4.79 Å². The largest absolute Gasteiger partial charge is 0.495 e. The molecule has 0 saturated carbocycles. The molecule has 0 aliphatic carbocycles. The number of benzene rings is 1. The highest BCUT2D eigenvalue weighted by molar-refractivity contribution is 7.16. The molecule has 0 unspecified atom stereocenters. The molecule has 2 aromatic heterocycles. The zero-order chi connectivity index (χ0) is 19.6. The van der Waals surface area contributed by atoms with Crippen LogP contribution >= 0.6 is 11.3 Å². The number of carbonyl (C=O) groups excluding carboxylic acids is 1. The van der Waals surface area contributed by atoms with Gasteiger partial charge in [0.1, 0.15) is 27.4 Å². The summed E-state index contributed by atoms with van der Waals surface area (Å²) in [4.78, 5) is 17.8. The molecule has 2 heterocycles. The number of thiazole rings is 1. The number of hydrogen-bond acceptors (Lipinski definition) is 5. The summed E-state index contributed by atoms with van der Waals surface area (Å²) in [6, 6.07) is 5.44. The molecule has 0 saturated heterocycles. The molecule has 0 fully saturated rings. The number of carbonyl (C=O) groups is 1. The molecular formula is C19H22N4O3S. The Labute approximate surface area is 161 Å².